The number of anilines is 3. The number of carbonyl (C=O) groups excluding carboxylic acids is 2. The summed E-state index contributed by atoms with van der Waals surface area (Å²) in [6.07, 6.45) is 2.92. The highest BCUT2D eigenvalue weighted by Crippen LogP contribution is 2.35. The molecule has 8 N–H and O–H groups in total. The molecule has 212 valence electrons. The average Bonchev–Trinajstić information content (AvgIpc) is 3.46. The molecule has 2 amide bonds. The zero-order chi connectivity index (χ0) is 29.6. The number of fused-ring (bicyclic) bond motifs is 1. The van der Waals surface area contributed by atoms with Crippen LogP contribution in [0.5, 0.6) is 5.88 Å². The third-order valence-electron chi connectivity index (χ3n) is 6.51. The van der Waals surface area contributed by atoms with Crippen LogP contribution < -0.4 is 32.3 Å². The third kappa shape index (κ3) is 5.97. The smallest absolute Gasteiger partial charge is 0.257 e. The quantitative estimate of drug-likeness (QED) is 0.0817. The Hall–Kier alpha value is -5.91. The molecule has 12 nitrogen and oxygen atoms in total. The van der Waals surface area contributed by atoms with E-state index in [1.54, 1.807) is 43.3 Å². The number of nitrogen functional groups attached to an aromatic ring is 1. The van der Waals surface area contributed by atoms with Gasteiger partial charge in [0.25, 0.3) is 11.8 Å². The monoisotopic (exact) mass is 563 g/mol. The first-order valence-electron chi connectivity index (χ1n) is 13.0. The molecule has 5 rings (SSSR count). The number of H-pyrrole nitrogens is 2. The van der Waals surface area contributed by atoms with Crippen molar-refractivity contribution >= 4 is 58.4 Å². The molecule has 3 heterocycles. The summed E-state index contributed by atoms with van der Waals surface area (Å²) in [5.41, 5.74) is 9.39. The van der Waals surface area contributed by atoms with Gasteiger partial charge in [0.05, 0.1) is 39.6 Å². The molecule has 5 aromatic rings. The molecule has 0 spiro atoms. The van der Waals surface area contributed by atoms with E-state index in [1.807, 2.05) is 24.3 Å². The number of nitrogens with zero attached hydrogens (tertiary/aromatic N) is 3. The summed E-state index contributed by atoms with van der Waals surface area (Å²) in [6, 6.07) is 17.7. The van der Waals surface area contributed by atoms with Crippen LogP contribution in [0.1, 0.15) is 26.4 Å². The number of hydrogen-bond acceptors (Lipinski definition) is 8. The molecule has 2 aromatic carbocycles. The summed E-state index contributed by atoms with van der Waals surface area (Å²) in [5, 5.41) is 28.9. The lowest BCUT2D eigenvalue weighted by atomic mass is 10.2. The molecule has 0 aliphatic carbocycles. The van der Waals surface area contributed by atoms with E-state index in [2.05, 4.69) is 47.7 Å². The number of benzene rings is 2. The van der Waals surface area contributed by atoms with Gasteiger partial charge >= 0.3 is 0 Å². The van der Waals surface area contributed by atoms with Crippen LogP contribution in [-0.4, -0.2) is 45.0 Å². The molecule has 0 aliphatic rings. The number of aromatic hydroxyl groups is 1. The van der Waals surface area contributed by atoms with Crippen LogP contribution in [0.15, 0.2) is 77.1 Å². The standard InChI is InChI=1S/C30H29N9O3/c1-17-24(16-35-39-27-20-7-3-5-9-22(20)37-30(27)42)36-18(2)26(17)29(41)33-14-13-32-25-12-11-19(15-34-25)28(40)38-23-10-6-4-8-21(23)31/h3-12,15-16,36-37,42H,1,13-14,31H2,2H3,(H,32,34)(H,33,41)(H,38,40). The molecule has 42 heavy (non-hydrogen) atoms. The Kier molecular flexibility index (Phi) is 7.96. The van der Waals surface area contributed by atoms with E-state index in [1.165, 1.54) is 12.4 Å². The van der Waals surface area contributed by atoms with E-state index in [-0.39, 0.29) is 17.7 Å². The second-order valence-electron chi connectivity index (χ2n) is 9.39. The van der Waals surface area contributed by atoms with Crippen LogP contribution in [0.25, 0.3) is 23.7 Å². The number of rotatable bonds is 9. The van der Waals surface area contributed by atoms with Gasteiger partial charge in [-0.1, -0.05) is 36.9 Å². The number of amides is 2. The topological polar surface area (TPSA) is 186 Å². The average molecular weight is 564 g/mol. The van der Waals surface area contributed by atoms with E-state index >= 15 is 0 Å². The van der Waals surface area contributed by atoms with Gasteiger partial charge in [0, 0.05) is 35.6 Å². The Labute approximate surface area is 240 Å². The van der Waals surface area contributed by atoms with Crippen molar-refractivity contribution < 1.29 is 14.7 Å². The number of azo groups is 1. The number of aromatic amines is 2. The fraction of sp³-hybridized carbons (Fsp3) is 0.100. The SMILES string of the molecule is C=c1c(C(=O)NCCNc2ccc(C(=O)Nc3ccccc3N)cn2)c(C)[nH]c1=CN=Nc1c(O)[nH]c2ccccc12. The summed E-state index contributed by atoms with van der Waals surface area (Å²) in [4.78, 5) is 35.6. The summed E-state index contributed by atoms with van der Waals surface area (Å²) >= 11 is 0. The van der Waals surface area contributed by atoms with Crippen molar-refractivity contribution in [1.29, 1.82) is 0 Å². The lowest BCUT2D eigenvalue weighted by Gasteiger charge is -2.09. The van der Waals surface area contributed by atoms with Crippen LogP contribution in [0.3, 0.4) is 0 Å². The number of carbonyl (C=O) groups is 2. The van der Waals surface area contributed by atoms with Crippen molar-refractivity contribution in [2.45, 2.75) is 6.92 Å². The number of pyridine rings is 1. The number of hydrogen-bond donors (Lipinski definition) is 7. The van der Waals surface area contributed by atoms with Crippen LogP contribution in [0.2, 0.25) is 0 Å². The van der Waals surface area contributed by atoms with E-state index < -0.39 is 0 Å². The zero-order valence-electron chi connectivity index (χ0n) is 22.7. The van der Waals surface area contributed by atoms with Gasteiger partial charge in [0.2, 0.25) is 5.88 Å². The van der Waals surface area contributed by atoms with E-state index in [9.17, 15) is 14.7 Å². The summed E-state index contributed by atoms with van der Waals surface area (Å²) < 4.78 is 0. The van der Waals surface area contributed by atoms with Gasteiger partial charge < -0.3 is 36.8 Å². The van der Waals surface area contributed by atoms with Gasteiger partial charge in [0.15, 0.2) is 5.69 Å². The second kappa shape index (κ2) is 12.1. The van der Waals surface area contributed by atoms with Crippen molar-refractivity contribution in [3.63, 3.8) is 0 Å². The number of nitrogens with two attached hydrogens (primary N) is 1. The molecular weight excluding hydrogens is 534 g/mol. The molecule has 0 saturated carbocycles. The maximum Gasteiger partial charge on any atom is 0.257 e. The molecule has 0 fully saturated rings. The minimum absolute atomic E-state index is 0.0788. The zero-order valence-corrected chi connectivity index (χ0v) is 22.7. The first kappa shape index (κ1) is 27.6. The second-order valence-corrected chi connectivity index (χ2v) is 9.39. The Morgan fingerprint density at radius 2 is 1.83 bits per heavy atom. The fourth-order valence-corrected chi connectivity index (χ4v) is 4.37. The van der Waals surface area contributed by atoms with Crippen molar-refractivity contribution in [2.75, 3.05) is 29.5 Å². The molecule has 0 unspecified atom stereocenters. The minimum atomic E-state index is -0.320. The van der Waals surface area contributed by atoms with Gasteiger partial charge in [-0.2, -0.15) is 5.11 Å². The highest BCUT2D eigenvalue weighted by molar-refractivity contribution is 6.05. The van der Waals surface area contributed by atoms with Gasteiger partial charge in [-0.15, -0.1) is 5.11 Å². The van der Waals surface area contributed by atoms with E-state index in [0.717, 1.165) is 10.9 Å². The number of aromatic nitrogens is 3. The Morgan fingerprint density at radius 3 is 2.62 bits per heavy atom. The van der Waals surface area contributed by atoms with Gasteiger partial charge in [-0.3, -0.25) is 9.59 Å². The third-order valence-corrected chi connectivity index (χ3v) is 6.51. The maximum atomic E-state index is 12.9. The normalized spacial score (nSPS) is 11.7. The van der Waals surface area contributed by atoms with Gasteiger partial charge in [-0.05, 0) is 37.3 Å². The van der Waals surface area contributed by atoms with Crippen molar-refractivity contribution in [1.82, 2.24) is 20.3 Å². The van der Waals surface area contributed by atoms with Crippen LogP contribution in [-0.2, 0) is 0 Å². The first-order valence-corrected chi connectivity index (χ1v) is 13.0. The molecule has 0 radical (unpaired) electrons. The van der Waals surface area contributed by atoms with Crippen LogP contribution in [0, 0.1) is 6.92 Å². The predicted octanol–water partition coefficient (Wildman–Crippen LogP) is 3.51. The van der Waals surface area contributed by atoms with Crippen LogP contribution in [0.4, 0.5) is 22.9 Å². The molecule has 3 aromatic heterocycles. The van der Waals surface area contributed by atoms with E-state index in [4.69, 9.17) is 5.73 Å². The van der Waals surface area contributed by atoms with Crippen molar-refractivity contribution in [2.24, 2.45) is 10.2 Å². The van der Waals surface area contributed by atoms with Crippen molar-refractivity contribution in [3.8, 4) is 5.88 Å². The lowest BCUT2D eigenvalue weighted by molar-refractivity contribution is 0.0953. The first-order chi connectivity index (χ1) is 20.3. The van der Waals surface area contributed by atoms with Gasteiger partial charge in [-0.25, -0.2) is 4.98 Å². The summed E-state index contributed by atoms with van der Waals surface area (Å²) in [5.74, 6) is -0.134. The highest BCUT2D eigenvalue weighted by Gasteiger charge is 2.13. The predicted molar refractivity (Wildman–Crippen MR) is 163 cm³/mol. The Morgan fingerprint density at radius 1 is 1.05 bits per heavy atom. The van der Waals surface area contributed by atoms with E-state index in [0.29, 0.717) is 63.4 Å². The summed E-state index contributed by atoms with van der Waals surface area (Å²) in [7, 11) is 0. The highest BCUT2D eigenvalue weighted by atomic mass is 16.3. The number of aryl methyl sites for hydroxylation is 1. The number of para-hydroxylation sites is 3. The molecule has 0 bridgehead atoms. The summed E-state index contributed by atoms with van der Waals surface area (Å²) in [6.45, 7) is 6.53. The lowest BCUT2D eigenvalue weighted by Crippen LogP contribution is -2.34. The molecule has 0 saturated heterocycles. The Bertz CT molecular complexity index is 1910. The molecular formula is C30H29N9O3. The minimum Gasteiger partial charge on any atom is -0.493 e. The fourth-order valence-electron chi connectivity index (χ4n) is 4.37. The molecule has 0 atom stereocenters. The Balaban J connectivity index is 1.15. The largest absolute Gasteiger partial charge is 0.493 e. The molecule has 12 heteroatoms. The van der Waals surface area contributed by atoms with Crippen molar-refractivity contribution in [3.05, 3.63) is 94.2 Å². The maximum absolute atomic E-state index is 12.9. The van der Waals surface area contributed by atoms with Crippen LogP contribution >= 0.6 is 0 Å². The van der Waals surface area contributed by atoms with Gasteiger partial charge in [0.1, 0.15) is 5.82 Å². The molecule has 0 aliphatic heterocycles. The number of nitrogens with one attached hydrogen (secondary N) is 5.